The zero-order valence-corrected chi connectivity index (χ0v) is 11.3. The average Bonchev–Trinajstić information content (AvgIpc) is 2.71. The van der Waals surface area contributed by atoms with E-state index in [-0.39, 0.29) is 0 Å². The van der Waals surface area contributed by atoms with Gasteiger partial charge in [0.2, 0.25) is 0 Å². The number of nitrogens with two attached hydrogens (primary N) is 1. The zero-order chi connectivity index (χ0) is 12.7. The minimum atomic E-state index is 0.713. The highest BCUT2D eigenvalue weighted by atomic mass is 79.9. The molecule has 0 aliphatic carbocycles. The van der Waals surface area contributed by atoms with Crippen molar-refractivity contribution < 1.29 is 0 Å². The molecule has 0 bridgehead atoms. The van der Waals surface area contributed by atoms with Gasteiger partial charge in [0.05, 0.1) is 11.7 Å². The Morgan fingerprint density at radius 2 is 2.11 bits per heavy atom. The monoisotopic (exact) mass is 302 g/mol. The lowest BCUT2D eigenvalue weighted by atomic mass is 10.2. The molecule has 2 N–H and O–H groups in total. The van der Waals surface area contributed by atoms with E-state index in [0.717, 1.165) is 26.9 Å². The van der Waals surface area contributed by atoms with Gasteiger partial charge < -0.3 is 10.3 Å². The molecule has 0 aliphatic heterocycles. The van der Waals surface area contributed by atoms with Gasteiger partial charge >= 0.3 is 0 Å². The molecule has 0 saturated heterocycles. The van der Waals surface area contributed by atoms with Gasteiger partial charge in [-0.15, -0.1) is 0 Å². The summed E-state index contributed by atoms with van der Waals surface area (Å²) >= 11 is 3.46. The Labute approximate surface area is 113 Å². The van der Waals surface area contributed by atoms with Crippen LogP contribution in [0.15, 0.2) is 41.1 Å². The van der Waals surface area contributed by atoms with Gasteiger partial charge in [-0.2, -0.15) is 0 Å². The Morgan fingerprint density at radius 3 is 2.89 bits per heavy atom. The highest BCUT2D eigenvalue weighted by molar-refractivity contribution is 9.10. The lowest BCUT2D eigenvalue weighted by Crippen LogP contribution is -1.96. The Bertz CT molecular complexity index is 733. The Morgan fingerprint density at radius 1 is 1.28 bits per heavy atom. The van der Waals surface area contributed by atoms with E-state index in [1.54, 1.807) is 12.4 Å². The van der Waals surface area contributed by atoms with E-state index in [0.29, 0.717) is 5.69 Å². The van der Waals surface area contributed by atoms with E-state index in [2.05, 4.69) is 25.9 Å². The van der Waals surface area contributed by atoms with Crippen LogP contribution in [-0.4, -0.2) is 14.5 Å². The molecule has 2 heterocycles. The van der Waals surface area contributed by atoms with E-state index in [1.165, 1.54) is 0 Å². The molecule has 3 aromatic rings. The number of pyridine rings is 1. The van der Waals surface area contributed by atoms with Gasteiger partial charge in [0, 0.05) is 29.0 Å². The number of rotatable bonds is 1. The van der Waals surface area contributed by atoms with Crippen molar-refractivity contribution in [2.75, 3.05) is 5.73 Å². The van der Waals surface area contributed by atoms with Crippen molar-refractivity contribution >= 4 is 32.7 Å². The highest BCUT2D eigenvalue weighted by Gasteiger charge is 2.12. The Hall–Kier alpha value is -1.88. The summed E-state index contributed by atoms with van der Waals surface area (Å²) in [6, 6.07) is 7.71. The molecule has 0 spiro atoms. The smallest absolute Gasteiger partial charge is 0.143 e. The zero-order valence-electron chi connectivity index (χ0n) is 9.76. The molecule has 0 atom stereocenters. The van der Waals surface area contributed by atoms with Gasteiger partial charge in [0.25, 0.3) is 0 Å². The summed E-state index contributed by atoms with van der Waals surface area (Å²) in [4.78, 5) is 8.67. The Kier molecular flexibility index (Phi) is 2.56. The van der Waals surface area contributed by atoms with Crippen LogP contribution >= 0.6 is 15.9 Å². The third-order valence-corrected chi connectivity index (χ3v) is 3.43. The lowest BCUT2D eigenvalue weighted by Gasteiger charge is -2.06. The molecule has 5 heteroatoms. The average molecular weight is 303 g/mol. The number of aryl methyl sites for hydroxylation is 1. The summed E-state index contributed by atoms with van der Waals surface area (Å²) in [6.45, 7) is 0. The fourth-order valence-electron chi connectivity index (χ4n) is 2.01. The molecule has 0 saturated carbocycles. The van der Waals surface area contributed by atoms with Crippen LogP contribution in [0.2, 0.25) is 0 Å². The molecule has 3 rings (SSSR count). The number of nitrogen functional groups attached to an aromatic ring is 1. The number of hydrogen-bond donors (Lipinski definition) is 1. The summed E-state index contributed by atoms with van der Waals surface area (Å²) in [6.07, 6.45) is 3.52. The number of halogens is 1. The van der Waals surface area contributed by atoms with Crippen molar-refractivity contribution in [1.29, 1.82) is 0 Å². The van der Waals surface area contributed by atoms with Gasteiger partial charge in [0.1, 0.15) is 11.3 Å². The standard InChI is InChI=1S/C13H11BrN4/c1-18-12-4-5-16-7-11(12)17-13(18)9-6-8(14)2-3-10(9)15/h2-7H,15H2,1H3. The van der Waals surface area contributed by atoms with E-state index < -0.39 is 0 Å². The fourth-order valence-corrected chi connectivity index (χ4v) is 2.38. The minimum Gasteiger partial charge on any atom is -0.398 e. The molecular formula is C13H11BrN4. The summed E-state index contributed by atoms with van der Waals surface area (Å²) in [5, 5.41) is 0. The lowest BCUT2D eigenvalue weighted by molar-refractivity contribution is 0.959. The highest BCUT2D eigenvalue weighted by Crippen LogP contribution is 2.30. The molecule has 4 nitrogen and oxygen atoms in total. The third kappa shape index (κ3) is 1.67. The van der Waals surface area contributed by atoms with Crippen LogP contribution in [0.4, 0.5) is 5.69 Å². The van der Waals surface area contributed by atoms with Gasteiger partial charge in [-0.25, -0.2) is 4.98 Å². The minimum absolute atomic E-state index is 0.713. The van der Waals surface area contributed by atoms with Crippen LogP contribution < -0.4 is 5.73 Å². The summed E-state index contributed by atoms with van der Waals surface area (Å²) in [5.41, 5.74) is 9.57. The number of nitrogens with zero attached hydrogens (tertiary/aromatic N) is 3. The third-order valence-electron chi connectivity index (χ3n) is 2.94. The normalized spacial score (nSPS) is 11.0. The van der Waals surface area contributed by atoms with Gasteiger partial charge in [-0.3, -0.25) is 4.98 Å². The van der Waals surface area contributed by atoms with E-state index in [1.807, 2.05) is 35.9 Å². The second-order valence-corrected chi connectivity index (χ2v) is 5.01. The molecule has 90 valence electrons. The van der Waals surface area contributed by atoms with Crippen LogP contribution in [0.1, 0.15) is 0 Å². The van der Waals surface area contributed by atoms with Gasteiger partial charge in [0.15, 0.2) is 0 Å². The number of benzene rings is 1. The largest absolute Gasteiger partial charge is 0.398 e. The second kappa shape index (κ2) is 4.10. The first-order valence-electron chi connectivity index (χ1n) is 5.48. The quantitative estimate of drug-likeness (QED) is 0.703. The van der Waals surface area contributed by atoms with Crippen molar-refractivity contribution in [2.45, 2.75) is 0 Å². The number of fused-ring (bicyclic) bond motifs is 1. The molecule has 1 aromatic carbocycles. The predicted octanol–water partition coefficient (Wildman–Crippen LogP) is 2.98. The molecule has 0 radical (unpaired) electrons. The maximum atomic E-state index is 6.02. The predicted molar refractivity (Wildman–Crippen MR) is 76.1 cm³/mol. The van der Waals surface area contributed by atoms with Gasteiger partial charge in [-0.1, -0.05) is 15.9 Å². The Balaban J connectivity index is 2.31. The van der Waals surface area contributed by atoms with Crippen LogP contribution in [0.25, 0.3) is 22.4 Å². The first kappa shape index (κ1) is 11.2. The second-order valence-electron chi connectivity index (χ2n) is 4.09. The summed E-state index contributed by atoms with van der Waals surface area (Å²) in [7, 11) is 1.98. The molecule has 18 heavy (non-hydrogen) atoms. The van der Waals surface area contributed by atoms with Crippen molar-refractivity contribution in [3.8, 4) is 11.4 Å². The van der Waals surface area contributed by atoms with Crippen LogP contribution in [0.3, 0.4) is 0 Å². The van der Waals surface area contributed by atoms with Gasteiger partial charge in [-0.05, 0) is 24.3 Å². The van der Waals surface area contributed by atoms with E-state index >= 15 is 0 Å². The number of aromatic nitrogens is 3. The van der Waals surface area contributed by atoms with Crippen molar-refractivity contribution in [3.05, 3.63) is 41.1 Å². The number of hydrogen-bond acceptors (Lipinski definition) is 3. The van der Waals surface area contributed by atoms with Crippen molar-refractivity contribution in [1.82, 2.24) is 14.5 Å². The summed E-state index contributed by atoms with van der Waals surface area (Å²) in [5.74, 6) is 0.844. The van der Waals surface area contributed by atoms with Crippen LogP contribution in [-0.2, 0) is 7.05 Å². The number of imidazole rings is 1. The summed E-state index contributed by atoms with van der Waals surface area (Å²) < 4.78 is 3.01. The first-order chi connectivity index (χ1) is 8.66. The van der Waals surface area contributed by atoms with E-state index in [9.17, 15) is 0 Å². The van der Waals surface area contributed by atoms with Crippen molar-refractivity contribution in [3.63, 3.8) is 0 Å². The SMILES string of the molecule is Cn1c(-c2cc(Br)ccc2N)nc2cnccc21. The molecule has 0 fully saturated rings. The van der Waals surface area contributed by atoms with E-state index in [4.69, 9.17) is 5.73 Å². The van der Waals surface area contributed by atoms with Crippen LogP contribution in [0, 0.1) is 0 Å². The fraction of sp³-hybridized carbons (Fsp3) is 0.0769. The van der Waals surface area contributed by atoms with Crippen molar-refractivity contribution in [2.24, 2.45) is 7.05 Å². The molecule has 0 unspecified atom stereocenters. The molecule has 2 aromatic heterocycles. The molecule has 0 aliphatic rings. The maximum absolute atomic E-state index is 6.02. The maximum Gasteiger partial charge on any atom is 0.143 e. The first-order valence-corrected chi connectivity index (χ1v) is 6.28. The molecular weight excluding hydrogens is 292 g/mol. The topological polar surface area (TPSA) is 56.7 Å². The molecule has 0 amide bonds. The van der Waals surface area contributed by atoms with Crippen LogP contribution in [0.5, 0.6) is 0 Å². The number of anilines is 1.